The van der Waals surface area contributed by atoms with Crippen LogP contribution in [-0.4, -0.2) is 28.9 Å². The van der Waals surface area contributed by atoms with E-state index in [0.29, 0.717) is 17.7 Å². The molecule has 105 valence electrons. The van der Waals surface area contributed by atoms with Crippen molar-refractivity contribution in [2.75, 3.05) is 6.54 Å². The molecule has 1 aliphatic rings. The first-order valence-electron chi connectivity index (χ1n) is 5.98. The Morgan fingerprint density at radius 2 is 2.15 bits per heavy atom. The number of amides is 1. The summed E-state index contributed by atoms with van der Waals surface area (Å²) < 4.78 is 25.1. The number of allylic oxidation sites excluding steroid dienone is 1. The number of hydrogen-bond donors (Lipinski definition) is 1. The predicted octanol–water partition coefficient (Wildman–Crippen LogP) is 2.73. The molecule has 0 saturated carbocycles. The smallest absolute Gasteiger partial charge is 0.256 e. The second-order valence-electron chi connectivity index (χ2n) is 4.42. The van der Waals surface area contributed by atoms with Gasteiger partial charge in [-0.25, -0.2) is 14.9 Å². The van der Waals surface area contributed by atoms with Crippen molar-refractivity contribution < 1.29 is 51.4 Å². The third-order valence-corrected chi connectivity index (χ3v) is 2.99. The Labute approximate surface area is 141 Å². The Morgan fingerprint density at radius 3 is 2.75 bits per heavy atom. The maximum Gasteiger partial charge on any atom is 0.256 e. The zero-order valence-corrected chi connectivity index (χ0v) is 13.9. The monoisotopic (exact) mass is 355 g/mol. The Kier molecular flexibility index (Phi) is 6.27. The van der Waals surface area contributed by atoms with Crippen molar-refractivity contribution in [3.05, 3.63) is 35.4 Å². The normalized spacial score (nSPS) is 15.1. The molecule has 1 aromatic carbocycles. The molecule has 0 fully saturated rings. The predicted molar refractivity (Wildman–Crippen MR) is 66.4 cm³/mol. The quantitative estimate of drug-likeness (QED) is 0.848. The number of nitrogens with zero attached hydrogens (tertiary/aromatic N) is 1. The van der Waals surface area contributed by atoms with Crippen LogP contribution >= 0.6 is 0 Å². The Morgan fingerprint density at radius 1 is 1.45 bits per heavy atom. The standard InChI is InChI=1S/C14H14F2NO2.Y/c1-9-7-10(18)5-6-11(9)12-3-2-4-14(19)17(12)8-13(15)16;/h5-7,13,18H,2,4,8H2,1H3;/q-1;. The minimum atomic E-state index is -2.59. The Hall–Kier alpha value is -0.806. The van der Waals surface area contributed by atoms with E-state index >= 15 is 0 Å². The molecule has 3 nitrogen and oxygen atoms in total. The van der Waals surface area contributed by atoms with E-state index in [-0.39, 0.29) is 50.8 Å². The van der Waals surface area contributed by atoms with E-state index in [1.807, 2.05) is 0 Å². The first-order chi connectivity index (χ1) is 8.99. The number of phenolic OH excluding ortho intramolecular Hbond substituents is 1. The Bertz CT molecular complexity index is 532. The van der Waals surface area contributed by atoms with Gasteiger partial charge in [0, 0.05) is 39.1 Å². The van der Waals surface area contributed by atoms with Gasteiger partial charge in [-0.3, -0.25) is 4.79 Å². The molecule has 2 rings (SSSR count). The van der Waals surface area contributed by atoms with Gasteiger partial charge in [-0.1, -0.05) is 6.92 Å². The van der Waals surface area contributed by atoms with Gasteiger partial charge in [0.05, 0.1) is 6.54 Å². The third kappa shape index (κ3) is 3.86. The molecule has 6 heteroatoms. The van der Waals surface area contributed by atoms with Gasteiger partial charge in [-0.15, -0.1) is 29.3 Å². The van der Waals surface area contributed by atoms with Crippen LogP contribution in [-0.2, 0) is 37.5 Å². The molecule has 1 aliphatic heterocycles. The van der Waals surface area contributed by atoms with Crippen LogP contribution in [0.15, 0.2) is 18.2 Å². The van der Waals surface area contributed by atoms with E-state index in [1.165, 1.54) is 12.1 Å². The first kappa shape index (κ1) is 17.2. The second-order valence-corrected chi connectivity index (χ2v) is 4.42. The molecular formula is C14H14F2NO2Y-. The first-order valence-corrected chi connectivity index (χ1v) is 5.98. The van der Waals surface area contributed by atoms with Crippen LogP contribution in [0.4, 0.5) is 8.78 Å². The van der Waals surface area contributed by atoms with Crippen LogP contribution in [0.2, 0.25) is 0 Å². The summed E-state index contributed by atoms with van der Waals surface area (Å²) in [6.45, 7) is 1.13. The number of halogens is 2. The van der Waals surface area contributed by atoms with E-state index in [1.54, 1.807) is 13.0 Å². The molecule has 1 amide bonds. The number of phenols is 1. The number of alkyl halides is 2. The van der Waals surface area contributed by atoms with E-state index in [9.17, 15) is 18.7 Å². The van der Waals surface area contributed by atoms with E-state index < -0.39 is 13.0 Å². The van der Waals surface area contributed by atoms with Gasteiger partial charge < -0.3 is 10.0 Å². The molecule has 20 heavy (non-hydrogen) atoms. The van der Waals surface area contributed by atoms with Crippen LogP contribution < -0.4 is 0 Å². The van der Waals surface area contributed by atoms with Crippen LogP contribution in [0, 0.1) is 13.0 Å². The fourth-order valence-corrected chi connectivity index (χ4v) is 2.13. The van der Waals surface area contributed by atoms with Crippen molar-refractivity contribution in [2.24, 2.45) is 0 Å². The second kappa shape index (κ2) is 7.27. The molecule has 0 bridgehead atoms. The summed E-state index contributed by atoms with van der Waals surface area (Å²) in [5.41, 5.74) is 1.75. The number of aromatic hydroxyl groups is 1. The minimum absolute atomic E-state index is 0. The molecular weight excluding hydrogens is 341 g/mol. The van der Waals surface area contributed by atoms with Gasteiger partial charge in [0.15, 0.2) is 0 Å². The number of aryl methyl sites for hydroxylation is 1. The van der Waals surface area contributed by atoms with Crippen molar-refractivity contribution >= 4 is 11.6 Å². The van der Waals surface area contributed by atoms with E-state index in [0.717, 1.165) is 10.5 Å². The maximum atomic E-state index is 12.6. The summed E-state index contributed by atoms with van der Waals surface area (Å²) in [5.74, 6) is -0.217. The van der Waals surface area contributed by atoms with Crippen LogP contribution in [0.3, 0.4) is 0 Å². The van der Waals surface area contributed by atoms with E-state index in [2.05, 4.69) is 6.08 Å². The fraction of sp³-hybridized carbons (Fsp3) is 0.357. The van der Waals surface area contributed by atoms with Gasteiger partial charge in [-0.05, 0) is 12.1 Å². The average Bonchev–Trinajstić information content (AvgIpc) is 2.32. The number of benzene rings is 1. The Balaban J connectivity index is 0.00000200. The van der Waals surface area contributed by atoms with Crippen molar-refractivity contribution in [3.8, 4) is 5.75 Å². The molecule has 1 aromatic rings. The largest absolute Gasteiger partial charge is 0.508 e. The number of rotatable bonds is 3. The number of hydrogen-bond acceptors (Lipinski definition) is 2. The molecule has 0 spiro atoms. The molecule has 1 radical (unpaired) electrons. The summed E-state index contributed by atoms with van der Waals surface area (Å²) in [4.78, 5) is 12.9. The fourth-order valence-electron chi connectivity index (χ4n) is 2.13. The third-order valence-electron chi connectivity index (χ3n) is 2.99. The number of carbonyl (C=O) groups excluding carboxylic acids is 1. The molecule has 0 unspecified atom stereocenters. The average molecular weight is 355 g/mol. The van der Waals surface area contributed by atoms with Crippen LogP contribution in [0.25, 0.3) is 5.70 Å². The summed E-state index contributed by atoms with van der Waals surface area (Å²) in [5, 5.41) is 9.37. The zero-order chi connectivity index (χ0) is 14.0. The SMILES string of the molecule is Cc1cc(O)ccc1C1=[C-]CCC(=O)N1CC(F)F.[Y]. The van der Waals surface area contributed by atoms with Crippen molar-refractivity contribution in [1.82, 2.24) is 4.90 Å². The minimum Gasteiger partial charge on any atom is -0.508 e. The van der Waals surface area contributed by atoms with Crippen molar-refractivity contribution in [3.63, 3.8) is 0 Å². The van der Waals surface area contributed by atoms with Crippen molar-refractivity contribution in [1.29, 1.82) is 0 Å². The van der Waals surface area contributed by atoms with Gasteiger partial charge in [0.2, 0.25) is 5.91 Å². The zero-order valence-electron chi connectivity index (χ0n) is 11.1. The summed E-state index contributed by atoms with van der Waals surface area (Å²) in [6.07, 6.45) is 1.03. The maximum absolute atomic E-state index is 12.6. The molecule has 0 aliphatic carbocycles. The van der Waals surface area contributed by atoms with Gasteiger partial charge >= 0.3 is 0 Å². The summed E-state index contributed by atoms with van der Waals surface area (Å²) in [7, 11) is 0. The van der Waals surface area contributed by atoms with Gasteiger partial charge in [0.25, 0.3) is 6.43 Å². The van der Waals surface area contributed by atoms with Gasteiger partial charge in [0.1, 0.15) is 5.75 Å². The number of carbonyl (C=O) groups is 1. The molecule has 1 N–H and O–H groups in total. The van der Waals surface area contributed by atoms with E-state index in [4.69, 9.17) is 0 Å². The topological polar surface area (TPSA) is 40.5 Å². The van der Waals surface area contributed by atoms with Crippen molar-refractivity contribution in [2.45, 2.75) is 26.2 Å². The summed E-state index contributed by atoms with van der Waals surface area (Å²) >= 11 is 0. The molecule has 0 saturated heterocycles. The van der Waals surface area contributed by atoms with Crippen LogP contribution in [0.5, 0.6) is 5.75 Å². The van der Waals surface area contributed by atoms with Gasteiger partial charge in [-0.2, -0.15) is 0 Å². The summed E-state index contributed by atoms with van der Waals surface area (Å²) in [6, 6.07) is 4.62. The molecule has 0 aromatic heterocycles. The molecule has 0 atom stereocenters. The van der Waals surface area contributed by atoms with Crippen LogP contribution in [0.1, 0.15) is 24.0 Å². The molecule has 1 heterocycles.